The minimum absolute atomic E-state index is 0.336. The number of aryl methyl sites for hydroxylation is 1. The zero-order valence-corrected chi connectivity index (χ0v) is 10.5. The molecule has 0 fully saturated rings. The molecule has 0 aromatic heterocycles. The largest absolute Gasteiger partial charge is 0.481 e. The summed E-state index contributed by atoms with van der Waals surface area (Å²) in [5, 5.41) is 0. The van der Waals surface area contributed by atoms with Crippen molar-refractivity contribution in [3.05, 3.63) is 29.8 Å². The van der Waals surface area contributed by atoms with Gasteiger partial charge in [-0.25, -0.2) is 0 Å². The van der Waals surface area contributed by atoms with E-state index in [1.807, 2.05) is 45.0 Å². The normalized spacial score (nSPS) is 9.00. The standard InChI is InChI=1S/C10H10O.C4H10O/c1-3-8-11-10-6-4-9(2)5-7-10;1-4(2)5-3/h1,4-7H,8H2,2H3;4H,1-3H3. The predicted octanol–water partition coefficient (Wildman–Crippen LogP) is 3.05. The highest BCUT2D eigenvalue weighted by molar-refractivity contribution is 5.26. The van der Waals surface area contributed by atoms with Crippen molar-refractivity contribution in [1.82, 2.24) is 0 Å². The molecule has 0 radical (unpaired) electrons. The van der Waals surface area contributed by atoms with Crippen LogP contribution < -0.4 is 4.74 Å². The smallest absolute Gasteiger partial charge is 0.148 e. The fourth-order valence-electron chi connectivity index (χ4n) is 0.759. The Morgan fingerprint density at radius 1 is 1.25 bits per heavy atom. The van der Waals surface area contributed by atoms with Crippen molar-refractivity contribution in [3.63, 3.8) is 0 Å². The first kappa shape index (κ1) is 14.5. The molecule has 16 heavy (non-hydrogen) atoms. The second kappa shape index (κ2) is 8.82. The van der Waals surface area contributed by atoms with Crippen molar-refractivity contribution < 1.29 is 9.47 Å². The summed E-state index contributed by atoms with van der Waals surface area (Å²) >= 11 is 0. The molecule has 1 aromatic rings. The number of terminal acetylenes is 1. The molecular weight excluding hydrogens is 200 g/mol. The molecule has 0 heterocycles. The van der Waals surface area contributed by atoms with Gasteiger partial charge < -0.3 is 9.47 Å². The van der Waals surface area contributed by atoms with Crippen LogP contribution in [-0.4, -0.2) is 19.8 Å². The van der Waals surface area contributed by atoms with Crippen LogP contribution in [0.2, 0.25) is 0 Å². The maximum absolute atomic E-state index is 5.17. The van der Waals surface area contributed by atoms with Gasteiger partial charge in [0.05, 0.1) is 6.10 Å². The first-order valence-corrected chi connectivity index (χ1v) is 5.26. The van der Waals surface area contributed by atoms with Gasteiger partial charge in [0.2, 0.25) is 0 Å². The highest BCUT2D eigenvalue weighted by atomic mass is 16.5. The van der Waals surface area contributed by atoms with Crippen molar-refractivity contribution in [2.45, 2.75) is 26.9 Å². The lowest BCUT2D eigenvalue weighted by atomic mass is 10.2. The maximum Gasteiger partial charge on any atom is 0.148 e. The zero-order chi connectivity index (χ0) is 12.4. The third kappa shape index (κ3) is 7.90. The van der Waals surface area contributed by atoms with E-state index in [-0.39, 0.29) is 0 Å². The average molecular weight is 220 g/mol. The summed E-state index contributed by atoms with van der Waals surface area (Å²) in [4.78, 5) is 0. The molecule has 2 heteroatoms. The molecule has 1 aromatic carbocycles. The fourth-order valence-corrected chi connectivity index (χ4v) is 0.759. The molecule has 0 spiro atoms. The molecule has 0 N–H and O–H groups in total. The second-order valence-electron chi connectivity index (χ2n) is 3.59. The van der Waals surface area contributed by atoms with E-state index < -0.39 is 0 Å². The fraction of sp³-hybridized carbons (Fsp3) is 0.429. The van der Waals surface area contributed by atoms with Crippen LogP contribution in [0.25, 0.3) is 0 Å². The number of hydrogen-bond acceptors (Lipinski definition) is 2. The van der Waals surface area contributed by atoms with Crippen LogP contribution in [0, 0.1) is 19.3 Å². The Morgan fingerprint density at radius 3 is 2.12 bits per heavy atom. The van der Waals surface area contributed by atoms with Gasteiger partial charge in [-0.1, -0.05) is 23.6 Å². The monoisotopic (exact) mass is 220 g/mol. The van der Waals surface area contributed by atoms with Crippen LogP contribution in [0.15, 0.2) is 24.3 Å². The molecule has 0 aliphatic rings. The van der Waals surface area contributed by atoms with Gasteiger partial charge in [0.25, 0.3) is 0 Å². The summed E-state index contributed by atoms with van der Waals surface area (Å²) < 4.78 is 9.92. The number of rotatable bonds is 3. The highest BCUT2D eigenvalue weighted by Crippen LogP contribution is 2.10. The van der Waals surface area contributed by atoms with E-state index in [0.717, 1.165) is 5.75 Å². The number of benzene rings is 1. The number of methoxy groups -OCH3 is 1. The van der Waals surface area contributed by atoms with Gasteiger partial charge in [0.1, 0.15) is 12.4 Å². The van der Waals surface area contributed by atoms with Gasteiger partial charge in [-0.2, -0.15) is 0 Å². The maximum atomic E-state index is 5.17. The number of ether oxygens (including phenoxy) is 2. The van der Waals surface area contributed by atoms with E-state index in [0.29, 0.717) is 12.7 Å². The Hall–Kier alpha value is -1.46. The Balaban J connectivity index is 0.000000385. The van der Waals surface area contributed by atoms with Gasteiger partial charge in [0.15, 0.2) is 0 Å². The Morgan fingerprint density at radius 2 is 1.75 bits per heavy atom. The molecule has 0 aliphatic heterocycles. The van der Waals surface area contributed by atoms with Gasteiger partial charge in [-0.3, -0.25) is 0 Å². The van der Waals surface area contributed by atoms with Crippen molar-refractivity contribution in [1.29, 1.82) is 0 Å². The van der Waals surface area contributed by atoms with Crippen molar-refractivity contribution in [2.24, 2.45) is 0 Å². The van der Waals surface area contributed by atoms with Gasteiger partial charge >= 0.3 is 0 Å². The Labute approximate surface area is 98.6 Å². The van der Waals surface area contributed by atoms with Crippen LogP contribution in [0.3, 0.4) is 0 Å². The van der Waals surface area contributed by atoms with Crippen LogP contribution in [0.4, 0.5) is 0 Å². The van der Waals surface area contributed by atoms with E-state index in [1.54, 1.807) is 7.11 Å². The minimum Gasteiger partial charge on any atom is -0.481 e. The lowest BCUT2D eigenvalue weighted by Gasteiger charge is -2.00. The lowest BCUT2D eigenvalue weighted by Crippen LogP contribution is -1.94. The van der Waals surface area contributed by atoms with Gasteiger partial charge in [-0.15, -0.1) is 6.42 Å². The topological polar surface area (TPSA) is 18.5 Å². The molecule has 0 saturated carbocycles. The molecule has 1 rings (SSSR count). The van der Waals surface area contributed by atoms with Crippen molar-refractivity contribution >= 4 is 0 Å². The number of hydrogen-bond donors (Lipinski definition) is 0. The van der Waals surface area contributed by atoms with E-state index in [4.69, 9.17) is 15.9 Å². The molecular formula is C14H20O2. The molecule has 88 valence electrons. The average Bonchev–Trinajstić information content (AvgIpc) is 2.29. The Bertz CT molecular complexity index is 307. The van der Waals surface area contributed by atoms with Crippen molar-refractivity contribution in [3.8, 4) is 18.1 Å². The minimum atomic E-state index is 0.336. The predicted molar refractivity (Wildman–Crippen MR) is 67.7 cm³/mol. The molecule has 0 aliphatic carbocycles. The summed E-state index contributed by atoms with van der Waals surface area (Å²) in [6.45, 7) is 6.37. The first-order chi connectivity index (χ1) is 7.60. The van der Waals surface area contributed by atoms with Crippen LogP contribution in [0.1, 0.15) is 19.4 Å². The molecule has 0 amide bonds. The molecule has 0 unspecified atom stereocenters. The molecule has 0 atom stereocenters. The third-order valence-corrected chi connectivity index (χ3v) is 1.81. The Kier molecular flexibility index (Phi) is 8.01. The van der Waals surface area contributed by atoms with Gasteiger partial charge in [0, 0.05) is 7.11 Å². The lowest BCUT2D eigenvalue weighted by molar-refractivity contribution is 0.134. The quantitative estimate of drug-likeness (QED) is 0.729. The molecule has 2 nitrogen and oxygen atoms in total. The third-order valence-electron chi connectivity index (χ3n) is 1.81. The summed E-state index contributed by atoms with van der Waals surface area (Å²) in [5.41, 5.74) is 1.22. The first-order valence-electron chi connectivity index (χ1n) is 5.26. The SMILES string of the molecule is C#CCOc1ccc(C)cc1.COC(C)C. The summed E-state index contributed by atoms with van der Waals surface area (Å²) in [6, 6.07) is 7.80. The van der Waals surface area contributed by atoms with Crippen LogP contribution >= 0.6 is 0 Å². The second-order valence-corrected chi connectivity index (χ2v) is 3.59. The zero-order valence-electron chi connectivity index (χ0n) is 10.5. The summed E-state index contributed by atoms with van der Waals surface area (Å²) in [7, 11) is 1.70. The van der Waals surface area contributed by atoms with Crippen LogP contribution in [-0.2, 0) is 4.74 Å². The van der Waals surface area contributed by atoms with Crippen molar-refractivity contribution in [2.75, 3.05) is 13.7 Å². The van der Waals surface area contributed by atoms with Crippen LogP contribution in [0.5, 0.6) is 5.75 Å². The van der Waals surface area contributed by atoms with E-state index >= 15 is 0 Å². The summed E-state index contributed by atoms with van der Waals surface area (Å²) in [6.07, 6.45) is 5.42. The van der Waals surface area contributed by atoms with E-state index in [1.165, 1.54) is 5.56 Å². The van der Waals surface area contributed by atoms with Gasteiger partial charge in [-0.05, 0) is 32.9 Å². The highest BCUT2D eigenvalue weighted by Gasteiger charge is 1.88. The molecule has 0 bridgehead atoms. The molecule has 0 saturated heterocycles. The summed E-state index contributed by atoms with van der Waals surface area (Å²) in [5.74, 6) is 3.24. The van der Waals surface area contributed by atoms with E-state index in [2.05, 4.69) is 5.92 Å². The van der Waals surface area contributed by atoms with E-state index in [9.17, 15) is 0 Å².